The number of nitriles is 1. The normalized spacial score (nSPS) is 15.0. The standard InChI is InChI=1S/C26H6I2N4O4/c1-30-16-7-15-19-13(24(34)32(28)26(15)36)4-2-10-17-9(8-29)6-14-18-12(23(33)31(27)25(14)35)5-3-11(21(17)18)20(16)22(10)19/h2-7H. The van der Waals surface area contributed by atoms with E-state index in [-0.39, 0.29) is 22.4 Å². The van der Waals surface area contributed by atoms with Crippen LogP contribution in [0.1, 0.15) is 47.0 Å². The van der Waals surface area contributed by atoms with E-state index in [1.165, 1.54) is 12.1 Å². The van der Waals surface area contributed by atoms with Gasteiger partial charge in [0.2, 0.25) is 0 Å². The first kappa shape index (κ1) is 21.4. The van der Waals surface area contributed by atoms with Crippen LogP contribution in [-0.2, 0) is 0 Å². The van der Waals surface area contributed by atoms with Gasteiger partial charge in [-0.05, 0) is 51.2 Å². The highest BCUT2D eigenvalue weighted by Crippen LogP contribution is 2.50. The summed E-state index contributed by atoms with van der Waals surface area (Å²) in [6.07, 6.45) is 0. The first-order valence-corrected chi connectivity index (χ1v) is 12.4. The Hall–Kier alpha value is -3.88. The van der Waals surface area contributed by atoms with Crippen LogP contribution in [0.2, 0.25) is 0 Å². The van der Waals surface area contributed by atoms with Crippen molar-refractivity contribution in [2.75, 3.05) is 0 Å². The van der Waals surface area contributed by atoms with Gasteiger partial charge in [0.1, 0.15) is 0 Å². The minimum absolute atomic E-state index is 0.206. The fourth-order valence-corrected chi connectivity index (χ4v) is 6.60. The number of imide groups is 2. The van der Waals surface area contributed by atoms with Crippen LogP contribution in [0.25, 0.3) is 47.9 Å². The first-order valence-electron chi connectivity index (χ1n) is 10.4. The van der Waals surface area contributed by atoms with Crippen LogP contribution >= 0.6 is 45.7 Å². The summed E-state index contributed by atoms with van der Waals surface area (Å²) in [5.41, 5.74) is 1.56. The number of benzene rings is 5. The molecule has 0 N–H and O–H groups in total. The van der Waals surface area contributed by atoms with Gasteiger partial charge in [-0.25, -0.2) is 11.1 Å². The van der Waals surface area contributed by atoms with E-state index in [2.05, 4.69) is 10.9 Å². The number of hydrogen-bond donors (Lipinski definition) is 0. The van der Waals surface area contributed by atoms with Crippen molar-refractivity contribution >= 4 is 118 Å². The molecule has 0 radical (unpaired) electrons. The molecule has 0 saturated carbocycles. The molecule has 0 bridgehead atoms. The zero-order valence-electron chi connectivity index (χ0n) is 17.6. The van der Waals surface area contributed by atoms with E-state index in [0.29, 0.717) is 54.2 Å². The van der Waals surface area contributed by atoms with Gasteiger partial charge in [0.05, 0.1) is 69.5 Å². The molecule has 0 fully saturated rings. The van der Waals surface area contributed by atoms with Gasteiger partial charge in [-0.15, -0.1) is 0 Å². The third-order valence-electron chi connectivity index (χ3n) is 6.96. The molecule has 7 rings (SSSR count). The number of rotatable bonds is 0. The summed E-state index contributed by atoms with van der Waals surface area (Å²) in [6, 6.07) is 11.8. The lowest BCUT2D eigenvalue weighted by Crippen LogP contribution is -2.32. The summed E-state index contributed by atoms with van der Waals surface area (Å²) in [7, 11) is 0. The van der Waals surface area contributed by atoms with Gasteiger partial charge >= 0.3 is 0 Å². The van der Waals surface area contributed by atoms with Gasteiger partial charge < -0.3 is 0 Å². The molecular weight excluding hydrogens is 686 g/mol. The van der Waals surface area contributed by atoms with Crippen molar-refractivity contribution in [1.82, 2.24) is 6.23 Å². The van der Waals surface area contributed by atoms with Crippen molar-refractivity contribution in [3.8, 4) is 6.07 Å². The zero-order valence-corrected chi connectivity index (χ0v) is 22.0. The molecule has 2 aliphatic rings. The smallest absolute Gasteiger partial charge is 0.268 e. The van der Waals surface area contributed by atoms with Crippen LogP contribution in [0.15, 0.2) is 36.4 Å². The minimum Gasteiger partial charge on any atom is -0.268 e. The lowest BCUT2D eigenvalue weighted by Gasteiger charge is -2.27. The van der Waals surface area contributed by atoms with E-state index in [4.69, 9.17) is 6.57 Å². The van der Waals surface area contributed by atoms with Crippen LogP contribution in [0.5, 0.6) is 0 Å². The van der Waals surface area contributed by atoms with Crippen LogP contribution in [0.3, 0.4) is 0 Å². The van der Waals surface area contributed by atoms with Gasteiger partial charge in [-0.3, -0.25) is 19.2 Å². The van der Waals surface area contributed by atoms with E-state index in [1.54, 1.807) is 70.0 Å². The lowest BCUT2D eigenvalue weighted by molar-refractivity contribution is 0.0742. The summed E-state index contributed by atoms with van der Waals surface area (Å²) in [5.74, 6) is -1.96. The minimum atomic E-state index is -0.520. The molecular formula is C26H6I2N4O4. The van der Waals surface area contributed by atoms with Crippen molar-refractivity contribution < 1.29 is 19.2 Å². The number of carbonyl (C=O) groups is 4. The van der Waals surface area contributed by atoms with Crippen LogP contribution < -0.4 is 0 Å². The van der Waals surface area contributed by atoms with Gasteiger partial charge in [-0.1, -0.05) is 12.1 Å². The number of carbonyl (C=O) groups excluding carboxylic acids is 4. The van der Waals surface area contributed by atoms with Crippen LogP contribution in [0, 0.1) is 17.9 Å². The van der Waals surface area contributed by atoms with E-state index >= 15 is 0 Å². The Kier molecular flexibility index (Phi) is 4.08. The fourth-order valence-electron chi connectivity index (χ4n) is 5.56. The molecule has 4 amide bonds. The molecule has 0 aliphatic carbocycles. The molecule has 8 nitrogen and oxygen atoms in total. The van der Waals surface area contributed by atoms with Crippen LogP contribution in [-0.4, -0.2) is 29.9 Å². The number of fused-ring (bicyclic) bond motifs is 2. The van der Waals surface area contributed by atoms with Gasteiger partial charge in [0.15, 0.2) is 5.69 Å². The predicted molar refractivity (Wildman–Crippen MR) is 148 cm³/mol. The van der Waals surface area contributed by atoms with Gasteiger partial charge in [0, 0.05) is 32.8 Å². The Balaban J connectivity index is 1.87. The molecule has 2 heterocycles. The fraction of sp³-hybridized carbons (Fsp3) is 0. The molecule has 0 spiro atoms. The summed E-state index contributed by atoms with van der Waals surface area (Å²) in [4.78, 5) is 55.9. The topological polar surface area (TPSA) is 103 Å². The Labute approximate surface area is 229 Å². The lowest BCUT2D eigenvalue weighted by atomic mass is 9.80. The Morgan fingerprint density at radius 3 is 1.67 bits per heavy atom. The average Bonchev–Trinajstić information content (AvgIpc) is 2.90. The highest BCUT2D eigenvalue weighted by molar-refractivity contribution is 14.1. The van der Waals surface area contributed by atoms with Gasteiger partial charge in [-0.2, -0.15) is 5.26 Å². The molecule has 5 aromatic rings. The Morgan fingerprint density at radius 2 is 1.14 bits per heavy atom. The second-order valence-corrected chi connectivity index (χ2v) is 10.4. The van der Waals surface area contributed by atoms with Crippen molar-refractivity contribution in [3.63, 3.8) is 0 Å². The molecule has 5 aromatic carbocycles. The maximum absolute atomic E-state index is 13.1. The summed E-state index contributed by atoms with van der Waals surface area (Å²) >= 11 is 3.33. The number of hydrogen-bond acceptors (Lipinski definition) is 5. The quantitative estimate of drug-likeness (QED) is 0.0491. The highest BCUT2D eigenvalue weighted by Gasteiger charge is 2.37. The monoisotopic (exact) mass is 692 g/mol. The Morgan fingerprint density at radius 1 is 0.667 bits per heavy atom. The van der Waals surface area contributed by atoms with E-state index in [1.807, 2.05) is 0 Å². The molecule has 0 atom stereocenters. The maximum Gasteiger partial charge on any atom is 0.270 e. The molecule has 2 aliphatic heterocycles. The molecule has 0 unspecified atom stereocenters. The van der Waals surface area contributed by atoms with Gasteiger partial charge in [0.25, 0.3) is 23.6 Å². The maximum atomic E-state index is 13.1. The van der Waals surface area contributed by atoms with Crippen LogP contribution in [0.4, 0.5) is 5.69 Å². The van der Waals surface area contributed by atoms with E-state index < -0.39 is 23.6 Å². The number of halogens is 2. The summed E-state index contributed by atoms with van der Waals surface area (Å²) in [6.45, 7) is 7.90. The van der Waals surface area contributed by atoms with E-state index in [0.717, 1.165) is 6.23 Å². The highest BCUT2D eigenvalue weighted by atomic mass is 127. The second-order valence-electron chi connectivity index (χ2n) is 8.49. The SMILES string of the molecule is [C-]#[N+]c1cc2c3c(ccc4c5c(C#N)cc6c7c(ccc(c1c34)c75)C(=O)N(I)C6=O)C(=O)N(I)C2=O. The molecule has 10 heteroatoms. The molecule has 0 saturated heterocycles. The first-order chi connectivity index (χ1) is 17.3. The van der Waals surface area contributed by atoms with Crippen molar-refractivity contribution in [2.24, 2.45) is 0 Å². The summed E-state index contributed by atoms with van der Waals surface area (Å²) in [5, 5.41) is 14.2. The molecule has 36 heavy (non-hydrogen) atoms. The second kappa shape index (κ2) is 6.87. The predicted octanol–water partition coefficient (Wildman–Crippen LogP) is 6.05. The Bertz CT molecular complexity index is 1940. The van der Waals surface area contributed by atoms with Crippen molar-refractivity contribution in [2.45, 2.75) is 0 Å². The van der Waals surface area contributed by atoms with E-state index in [9.17, 15) is 24.4 Å². The molecule has 168 valence electrons. The number of nitrogens with zero attached hydrogens (tertiary/aromatic N) is 4. The van der Waals surface area contributed by atoms with Crippen molar-refractivity contribution in [1.29, 1.82) is 5.26 Å². The summed E-state index contributed by atoms with van der Waals surface area (Å²) < 4.78 is 2.00. The zero-order chi connectivity index (χ0) is 25.2. The third kappa shape index (κ3) is 2.27. The molecule has 0 aromatic heterocycles. The largest absolute Gasteiger partial charge is 0.270 e. The average molecular weight is 692 g/mol. The number of amides is 4. The van der Waals surface area contributed by atoms with Crippen molar-refractivity contribution in [3.05, 3.63) is 75.6 Å². The third-order valence-corrected chi connectivity index (χ3v) is 8.71.